The van der Waals surface area contributed by atoms with Gasteiger partial charge < -0.3 is 25.4 Å². The maximum Gasteiger partial charge on any atom is 0.471 e. The fourth-order valence-corrected chi connectivity index (χ4v) is 4.02. The van der Waals surface area contributed by atoms with E-state index < -0.39 is 48.1 Å². The Morgan fingerprint density at radius 3 is 2.49 bits per heavy atom. The number of amides is 2. The van der Waals surface area contributed by atoms with Crippen molar-refractivity contribution in [3.8, 4) is 0 Å². The van der Waals surface area contributed by atoms with Gasteiger partial charge in [0.25, 0.3) is 0 Å². The number of carbonyl (C=O) groups excluding carboxylic acids is 4. The number of likely N-dealkylation sites (tertiary alicyclic amines) is 1. The molecule has 206 valence electrons. The highest BCUT2D eigenvalue weighted by molar-refractivity contribution is 5.89. The van der Waals surface area contributed by atoms with Gasteiger partial charge in [0.05, 0.1) is 12.6 Å². The number of aryl methyl sites for hydroxylation is 1. The number of esters is 2. The Bertz CT molecular complexity index is 913. The summed E-state index contributed by atoms with van der Waals surface area (Å²) in [7, 11) is 0. The third-order valence-electron chi connectivity index (χ3n) is 5.96. The second-order valence-electron chi connectivity index (χ2n) is 8.75. The lowest BCUT2D eigenvalue weighted by Gasteiger charge is -2.27. The van der Waals surface area contributed by atoms with Crippen molar-refractivity contribution in [3.05, 3.63) is 35.9 Å². The van der Waals surface area contributed by atoms with Crippen LogP contribution in [-0.2, 0) is 35.1 Å². The summed E-state index contributed by atoms with van der Waals surface area (Å²) in [6, 6.07) is 7.54. The van der Waals surface area contributed by atoms with Gasteiger partial charge in [-0.2, -0.15) is 13.2 Å². The molecule has 0 saturated carbocycles. The minimum absolute atomic E-state index is 0.126. The highest BCUT2D eigenvalue weighted by Crippen LogP contribution is 2.22. The lowest BCUT2D eigenvalue weighted by molar-refractivity contribution is -0.173. The summed E-state index contributed by atoms with van der Waals surface area (Å²) in [6.45, 7) is 1.87. The summed E-state index contributed by atoms with van der Waals surface area (Å²) in [6.07, 6.45) is -3.77. The molecule has 0 radical (unpaired) electrons. The minimum Gasteiger partial charge on any atom is -0.463 e. The van der Waals surface area contributed by atoms with Crippen LogP contribution in [0.2, 0.25) is 0 Å². The molecule has 1 aromatic carbocycles. The Morgan fingerprint density at radius 2 is 1.84 bits per heavy atom. The summed E-state index contributed by atoms with van der Waals surface area (Å²) in [5.74, 6) is -3.86. The highest BCUT2D eigenvalue weighted by atomic mass is 19.4. The van der Waals surface area contributed by atoms with Gasteiger partial charge in [-0.15, -0.1) is 0 Å². The Labute approximate surface area is 213 Å². The maximum atomic E-state index is 13.0. The van der Waals surface area contributed by atoms with Crippen LogP contribution in [0.4, 0.5) is 13.2 Å². The molecule has 1 aliphatic heterocycles. The van der Waals surface area contributed by atoms with Crippen molar-refractivity contribution >= 4 is 23.8 Å². The Balaban J connectivity index is 1.88. The summed E-state index contributed by atoms with van der Waals surface area (Å²) in [5.41, 5.74) is 6.95. The Hall–Kier alpha value is -3.15. The molecule has 2 amide bonds. The third kappa shape index (κ3) is 9.67. The summed E-state index contributed by atoms with van der Waals surface area (Å²) >= 11 is 0. The first-order valence-electron chi connectivity index (χ1n) is 12.4. The van der Waals surface area contributed by atoms with E-state index in [4.69, 9.17) is 15.2 Å². The number of hydrogen-bond donors (Lipinski definition) is 2. The molecule has 0 aliphatic carbocycles. The molecule has 0 aromatic heterocycles. The average Bonchev–Trinajstić information content (AvgIpc) is 3.35. The third-order valence-corrected chi connectivity index (χ3v) is 5.96. The molecule has 1 unspecified atom stereocenters. The minimum atomic E-state index is -4.94. The largest absolute Gasteiger partial charge is 0.471 e. The molecule has 1 saturated heterocycles. The first-order chi connectivity index (χ1) is 17.5. The molecule has 12 heteroatoms. The second kappa shape index (κ2) is 14.6. The molecular formula is C25H34F3N3O6. The fraction of sp³-hybridized carbons (Fsp3) is 0.600. The van der Waals surface area contributed by atoms with Crippen LogP contribution < -0.4 is 11.1 Å². The summed E-state index contributed by atoms with van der Waals surface area (Å²) in [5, 5.41) is 1.76. The van der Waals surface area contributed by atoms with Crippen molar-refractivity contribution in [2.45, 2.75) is 76.2 Å². The van der Waals surface area contributed by atoms with Crippen LogP contribution in [0, 0.1) is 0 Å². The molecule has 0 spiro atoms. The van der Waals surface area contributed by atoms with E-state index >= 15 is 0 Å². The molecule has 0 bridgehead atoms. The first-order valence-corrected chi connectivity index (χ1v) is 12.4. The monoisotopic (exact) mass is 529 g/mol. The van der Waals surface area contributed by atoms with Crippen LogP contribution in [0.5, 0.6) is 0 Å². The average molecular weight is 530 g/mol. The van der Waals surface area contributed by atoms with Gasteiger partial charge in [0.1, 0.15) is 6.04 Å². The number of alkyl halides is 3. The zero-order chi connectivity index (χ0) is 27.4. The predicted octanol–water partition coefficient (Wildman–Crippen LogP) is 2.26. The number of nitrogens with one attached hydrogen (secondary N) is 1. The molecule has 2 rings (SSSR count). The van der Waals surface area contributed by atoms with Crippen molar-refractivity contribution in [1.82, 2.24) is 10.2 Å². The lowest BCUT2D eigenvalue weighted by atomic mass is 10.1. The number of unbranched alkanes of at least 4 members (excludes halogenated alkanes) is 1. The van der Waals surface area contributed by atoms with E-state index in [1.54, 1.807) is 12.2 Å². The van der Waals surface area contributed by atoms with Gasteiger partial charge in [-0.3, -0.25) is 9.59 Å². The van der Waals surface area contributed by atoms with Crippen molar-refractivity contribution in [2.75, 3.05) is 19.7 Å². The van der Waals surface area contributed by atoms with Crippen molar-refractivity contribution in [3.63, 3.8) is 0 Å². The number of nitrogens with zero attached hydrogens (tertiary/aromatic N) is 1. The first kappa shape index (κ1) is 30.1. The molecule has 1 aliphatic rings. The van der Waals surface area contributed by atoms with Crippen molar-refractivity contribution in [1.29, 1.82) is 0 Å². The van der Waals surface area contributed by atoms with E-state index in [0.29, 0.717) is 32.2 Å². The van der Waals surface area contributed by atoms with Crippen LogP contribution in [0.3, 0.4) is 0 Å². The van der Waals surface area contributed by atoms with Crippen LogP contribution >= 0.6 is 0 Å². The number of halogens is 3. The van der Waals surface area contributed by atoms with E-state index in [1.807, 2.05) is 30.3 Å². The molecule has 1 aromatic rings. The van der Waals surface area contributed by atoms with E-state index in [9.17, 15) is 32.3 Å². The highest BCUT2D eigenvalue weighted by Gasteiger charge is 2.39. The van der Waals surface area contributed by atoms with Gasteiger partial charge in [-0.25, -0.2) is 9.59 Å². The molecule has 3 N–H and O–H groups in total. The van der Waals surface area contributed by atoms with Crippen molar-refractivity contribution < 1.29 is 41.8 Å². The molecular weight excluding hydrogens is 495 g/mol. The van der Waals surface area contributed by atoms with E-state index in [2.05, 4.69) is 0 Å². The van der Waals surface area contributed by atoms with Gasteiger partial charge >= 0.3 is 24.0 Å². The SMILES string of the molecule is CCOC(=O)C(CCc1ccccc1)OC(=O)[C@@H]1CCCN1C(=O)[C@@H](N)CCCCNC(=O)C(F)(F)F. The molecule has 9 nitrogen and oxygen atoms in total. The second-order valence-corrected chi connectivity index (χ2v) is 8.75. The quantitative estimate of drug-likeness (QED) is 0.296. The normalized spacial score (nSPS) is 17.1. The number of carbonyl (C=O) groups is 4. The maximum absolute atomic E-state index is 13.0. The van der Waals surface area contributed by atoms with Gasteiger partial charge in [-0.05, 0) is 57.4 Å². The molecule has 1 fully saturated rings. The molecule has 3 atom stereocenters. The summed E-state index contributed by atoms with van der Waals surface area (Å²) in [4.78, 5) is 50.4. The van der Waals surface area contributed by atoms with E-state index in [1.165, 1.54) is 4.90 Å². The van der Waals surface area contributed by atoms with Crippen LogP contribution in [-0.4, -0.2) is 72.7 Å². The lowest BCUT2D eigenvalue weighted by Crippen LogP contribution is -2.49. The van der Waals surface area contributed by atoms with Gasteiger partial charge in [0.15, 0.2) is 6.10 Å². The molecule has 37 heavy (non-hydrogen) atoms. The zero-order valence-corrected chi connectivity index (χ0v) is 20.8. The number of hydrogen-bond acceptors (Lipinski definition) is 7. The Morgan fingerprint density at radius 1 is 1.14 bits per heavy atom. The smallest absolute Gasteiger partial charge is 0.463 e. The zero-order valence-electron chi connectivity index (χ0n) is 20.8. The van der Waals surface area contributed by atoms with Gasteiger partial charge in [-0.1, -0.05) is 30.3 Å². The predicted molar refractivity (Wildman–Crippen MR) is 127 cm³/mol. The van der Waals surface area contributed by atoms with Gasteiger partial charge in [0, 0.05) is 13.1 Å². The van der Waals surface area contributed by atoms with E-state index in [0.717, 1.165) is 5.56 Å². The number of nitrogens with two attached hydrogens (primary N) is 1. The van der Waals surface area contributed by atoms with Gasteiger partial charge in [0.2, 0.25) is 5.91 Å². The van der Waals surface area contributed by atoms with Crippen LogP contribution in [0.15, 0.2) is 30.3 Å². The van der Waals surface area contributed by atoms with Crippen LogP contribution in [0.25, 0.3) is 0 Å². The van der Waals surface area contributed by atoms with Crippen molar-refractivity contribution in [2.24, 2.45) is 5.73 Å². The Kier molecular flexibility index (Phi) is 11.8. The number of benzene rings is 1. The topological polar surface area (TPSA) is 128 Å². The summed E-state index contributed by atoms with van der Waals surface area (Å²) < 4.78 is 47.2. The van der Waals surface area contributed by atoms with E-state index in [-0.39, 0.29) is 32.4 Å². The number of rotatable bonds is 13. The standard InChI is InChI=1S/C25H34F3N3O6/c1-2-36-23(34)20(14-13-17-9-4-3-5-10-17)37-22(33)19-12-8-16-31(19)21(32)18(29)11-6-7-15-30-24(35)25(26,27)28/h3-5,9-10,18-20H,2,6-8,11-16,29H2,1H3,(H,30,35)/t18-,19-,20?/m0/s1. The number of ether oxygens (including phenoxy) is 2. The van der Waals surface area contributed by atoms with Crippen LogP contribution in [0.1, 0.15) is 51.0 Å². The molecule has 1 heterocycles. The fourth-order valence-electron chi connectivity index (χ4n) is 4.02.